The number of carbonyl (C=O) groups is 2. The Bertz CT molecular complexity index is 684. The van der Waals surface area contributed by atoms with Crippen molar-refractivity contribution in [2.75, 3.05) is 52.5 Å². The van der Waals surface area contributed by atoms with Gasteiger partial charge in [0.15, 0.2) is 0 Å². The molecule has 0 bridgehead atoms. The fraction of sp³-hybridized carbons (Fsp3) is 0.550. The van der Waals surface area contributed by atoms with E-state index in [-0.39, 0.29) is 24.7 Å². The highest BCUT2D eigenvalue weighted by Gasteiger charge is 2.23. The van der Waals surface area contributed by atoms with Gasteiger partial charge in [-0.15, -0.1) is 0 Å². The predicted octanol–water partition coefficient (Wildman–Crippen LogP) is 0.841. The molecule has 0 spiro atoms. The molecule has 0 aromatic heterocycles. The van der Waals surface area contributed by atoms with E-state index in [9.17, 15) is 9.59 Å². The summed E-state index contributed by atoms with van der Waals surface area (Å²) >= 11 is 0. The fourth-order valence-electron chi connectivity index (χ4n) is 3.44. The number of hydrogen-bond donors (Lipinski definition) is 0. The summed E-state index contributed by atoms with van der Waals surface area (Å²) in [5, 5.41) is 8.86. The van der Waals surface area contributed by atoms with Crippen molar-refractivity contribution < 1.29 is 14.3 Å². The van der Waals surface area contributed by atoms with Gasteiger partial charge in [-0.25, -0.2) is 0 Å². The highest BCUT2D eigenvalue weighted by molar-refractivity contribution is 5.84. The Morgan fingerprint density at radius 2 is 1.44 bits per heavy atom. The van der Waals surface area contributed by atoms with E-state index in [4.69, 9.17) is 10.00 Å². The summed E-state index contributed by atoms with van der Waals surface area (Å²) in [7, 11) is 0. The zero-order valence-corrected chi connectivity index (χ0v) is 15.6. The molecule has 2 saturated heterocycles. The predicted molar refractivity (Wildman–Crippen MR) is 99.6 cm³/mol. The number of carbonyl (C=O) groups excluding carboxylic acids is 2. The lowest BCUT2D eigenvalue weighted by Crippen LogP contribution is -2.48. The zero-order valence-electron chi connectivity index (χ0n) is 15.6. The van der Waals surface area contributed by atoms with Gasteiger partial charge in [0.05, 0.1) is 24.8 Å². The van der Waals surface area contributed by atoms with Crippen LogP contribution in [0.1, 0.15) is 24.0 Å². The Kier molecular flexibility index (Phi) is 6.80. The van der Waals surface area contributed by atoms with Crippen LogP contribution < -0.4 is 0 Å². The molecule has 2 heterocycles. The summed E-state index contributed by atoms with van der Waals surface area (Å²) in [5.41, 5.74) is 1.84. The maximum absolute atomic E-state index is 12.4. The third-order valence-corrected chi connectivity index (χ3v) is 5.13. The van der Waals surface area contributed by atoms with Crippen LogP contribution in [0.3, 0.4) is 0 Å². The highest BCUT2D eigenvalue weighted by atomic mass is 16.5. The molecule has 1 aromatic carbocycles. The molecular formula is C20H26N4O3. The van der Waals surface area contributed by atoms with Crippen molar-refractivity contribution in [1.29, 1.82) is 5.26 Å². The zero-order chi connectivity index (χ0) is 19.1. The first-order valence-corrected chi connectivity index (χ1v) is 9.50. The van der Waals surface area contributed by atoms with Crippen molar-refractivity contribution >= 4 is 11.8 Å². The van der Waals surface area contributed by atoms with E-state index in [0.717, 1.165) is 19.6 Å². The molecule has 3 rings (SSSR count). The normalized spacial score (nSPS) is 18.2. The smallest absolute Gasteiger partial charge is 0.223 e. The molecule has 2 amide bonds. The van der Waals surface area contributed by atoms with E-state index in [1.54, 1.807) is 4.90 Å². The Labute approximate surface area is 160 Å². The first kappa shape index (κ1) is 19.3. The fourth-order valence-corrected chi connectivity index (χ4v) is 3.44. The number of nitriles is 1. The minimum absolute atomic E-state index is 0.0473. The van der Waals surface area contributed by atoms with Crippen molar-refractivity contribution in [3.63, 3.8) is 0 Å². The van der Waals surface area contributed by atoms with E-state index in [1.807, 2.05) is 29.2 Å². The van der Waals surface area contributed by atoms with Gasteiger partial charge in [0.1, 0.15) is 0 Å². The van der Waals surface area contributed by atoms with Gasteiger partial charge in [0, 0.05) is 58.7 Å². The Morgan fingerprint density at radius 3 is 2.00 bits per heavy atom. The molecule has 0 saturated carbocycles. The molecule has 0 unspecified atom stereocenters. The van der Waals surface area contributed by atoms with Crippen molar-refractivity contribution in [1.82, 2.24) is 14.7 Å². The molecule has 144 valence electrons. The first-order valence-electron chi connectivity index (χ1n) is 9.50. The second-order valence-electron chi connectivity index (χ2n) is 6.96. The van der Waals surface area contributed by atoms with E-state index in [0.29, 0.717) is 45.0 Å². The van der Waals surface area contributed by atoms with Crippen LogP contribution in [0.15, 0.2) is 24.3 Å². The van der Waals surface area contributed by atoms with Crippen LogP contribution in [0.4, 0.5) is 0 Å². The SMILES string of the molecule is N#Cc1ccc(CN2CCN(C(=O)CCC(=O)N3CCOCC3)CC2)cc1. The Hall–Kier alpha value is -2.43. The molecule has 2 fully saturated rings. The number of ether oxygens (including phenoxy) is 1. The molecule has 2 aliphatic heterocycles. The Balaban J connectivity index is 1.38. The number of piperazine rings is 1. The second-order valence-corrected chi connectivity index (χ2v) is 6.96. The maximum Gasteiger partial charge on any atom is 0.223 e. The number of hydrogen-bond acceptors (Lipinski definition) is 5. The summed E-state index contributed by atoms with van der Waals surface area (Å²) in [6, 6.07) is 9.75. The van der Waals surface area contributed by atoms with Gasteiger partial charge in [-0.1, -0.05) is 12.1 Å². The van der Waals surface area contributed by atoms with Crippen LogP contribution in [0, 0.1) is 11.3 Å². The lowest BCUT2D eigenvalue weighted by Gasteiger charge is -2.35. The molecule has 7 nitrogen and oxygen atoms in total. The van der Waals surface area contributed by atoms with Crippen molar-refractivity contribution in [3.8, 4) is 6.07 Å². The molecule has 2 aliphatic rings. The molecule has 0 atom stereocenters. The summed E-state index contributed by atoms with van der Waals surface area (Å²) in [6.07, 6.45) is 0.566. The van der Waals surface area contributed by atoms with E-state index >= 15 is 0 Å². The third kappa shape index (κ3) is 5.52. The van der Waals surface area contributed by atoms with Gasteiger partial charge in [-0.2, -0.15) is 5.26 Å². The van der Waals surface area contributed by atoms with E-state index < -0.39 is 0 Å². The minimum atomic E-state index is 0.0473. The van der Waals surface area contributed by atoms with E-state index in [2.05, 4.69) is 11.0 Å². The number of nitrogens with zero attached hydrogens (tertiary/aromatic N) is 4. The number of rotatable bonds is 5. The van der Waals surface area contributed by atoms with Crippen molar-refractivity contribution in [2.45, 2.75) is 19.4 Å². The van der Waals surface area contributed by atoms with Crippen LogP contribution in [0.5, 0.6) is 0 Å². The molecular weight excluding hydrogens is 344 g/mol. The first-order chi connectivity index (χ1) is 13.2. The molecule has 7 heteroatoms. The average Bonchev–Trinajstić information content (AvgIpc) is 2.73. The van der Waals surface area contributed by atoms with Gasteiger partial charge >= 0.3 is 0 Å². The molecule has 0 aliphatic carbocycles. The third-order valence-electron chi connectivity index (χ3n) is 5.13. The maximum atomic E-state index is 12.4. The molecule has 27 heavy (non-hydrogen) atoms. The quantitative estimate of drug-likeness (QED) is 0.768. The second kappa shape index (κ2) is 9.49. The van der Waals surface area contributed by atoms with Gasteiger partial charge in [0.2, 0.25) is 11.8 Å². The summed E-state index contributed by atoms with van der Waals surface area (Å²) in [4.78, 5) is 30.5. The van der Waals surface area contributed by atoms with Crippen molar-refractivity contribution in [2.24, 2.45) is 0 Å². The lowest BCUT2D eigenvalue weighted by molar-refractivity contribution is -0.140. The summed E-state index contributed by atoms with van der Waals surface area (Å²) in [5.74, 6) is 0.112. The van der Waals surface area contributed by atoms with Gasteiger partial charge < -0.3 is 14.5 Å². The van der Waals surface area contributed by atoms with Gasteiger partial charge in [0.25, 0.3) is 0 Å². The Morgan fingerprint density at radius 1 is 0.889 bits per heavy atom. The highest BCUT2D eigenvalue weighted by Crippen LogP contribution is 2.12. The van der Waals surface area contributed by atoms with Crippen LogP contribution in [0.2, 0.25) is 0 Å². The number of morpholine rings is 1. The average molecular weight is 370 g/mol. The van der Waals surface area contributed by atoms with Crippen LogP contribution >= 0.6 is 0 Å². The monoisotopic (exact) mass is 370 g/mol. The summed E-state index contributed by atoms with van der Waals surface area (Å²) in [6.45, 7) is 6.28. The molecule has 0 N–H and O–H groups in total. The number of amides is 2. The minimum Gasteiger partial charge on any atom is -0.378 e. The van der Waals surface area contributed by atoms with Crippen LogP contribution in [0.25, 0.3) is 0 Å². The number of benzene rings is 1. The van der Waals surface area contributed by atoms with Crippen LogP contribution in [-0.4, -0.2) is 79.0 Å². The van der Waals surface area contributed by atoms with Gasteiger partial charge in [-0.05, 0) is 17.7 Å². The van der Waals surface area contributed by atoms with E-state index in [1.165, 1.54) is 5.56 Å². The lowest BCUT2D eigenvalue weighted by atomic mass is 10.1. The molecule has 0 radical (unpaired) electrons. The van der Waals surface area contributed by atoms with Gasteiger partial charge in [-0.3, -0.25) is 14.5 Å². The molecule has 1 aromatic rings. The largest absolute Gasteiger partial charge is 0.378 e. The standard InChI is InChI=1S/C20H26N4O3/c21-15-17-1-3-18(4-2-17)16-22-7-9-23(10-8-22)19(25)5-6-20(26)24-11-13-27-14-12-24/h1-4H,5-14,16H2. The summed E-state index contributed by atoms with van der Waals surface area (Å²) < 4.78 is 5.25. The van der Waals surface area contributed by atoms with Crippen molar-refractivity contribution in [3.05, 3.63) is 35.4 Å². The van der Waals surface area contributed by atoms with Crippen LogP contribution in [-0.2, 0) is 20.9 Å². The topological polar surface area (TPSA) is 76.9 Å².